The average Bonchev–Trinajstić information content (AvgIpc) is 2.65. The zero-order valence-electron chi connectivity index (χ0n) is 15.1. The van der Waals surface area contributed by atoms with Crippen molar-refractivity contribution in [2.24, 2.45) is 5.92 Å². The average molecular weight is 364 g/mol. The van der Waals surface area contributed by atoms with Gasteiger partial charge in [-0.15, -0.1) is 0 Å². The van der Waals surface area contributed by atoms with Crippen molar-refractivity contribution in [1.82, 2.24) is 9.80 Å². The Labute approximate surface area is 153 Å². The Bertz CT molecular complexity index is 665. The monoisotopic (exact) mass is 364 g/mol. The van der Waals surface area contributed by atoms with Crippen LogP contribution in [0.15, 0.2) is 18.2 Å². The van der Waals surface area contributed by atoms with Gasteiger partial charge in [0.15, 0.2) is 11.6 Å². The maximum Gasteiger partial charge on any atom is 0.242 e. The predicted molar refractivity (Wildman–Crippen MR) is 94.4 cm³/mol. The Hall–Kier alpha value is -1.98. The number of nitrogens with zero attached hydrogens (tertiary/aromatic N) is 2. The summed E-state index contributed by atoms with van der Waals surface area (Å²) >= 11 is 0. The summed E-state index contributed by atoms with van der Waals surface area (Å²) in [6.45, 7) is 2.29. The highest BCUT2D eigenvalue weighted by Gasteiger charge is 2.27. The van der Waals surface area contributed by atoms with E-state index in [0.717, 1.165) is 50.3 Å². The molecule has 0 unspecified atom stereocenters. The number of aryl methyl sites for hydroxylation is 1. The third-order valence-corrected chi connectivity index (χ3v) is 5.44. The molecule has 2 amide bonds. The molecule has 3 rings (SSSR count). The van der Waals surface area contributed by atoms with Gasteiger partial charge in [-0.05, 0) is 62.1 Å². The number of halogens is 2. The molecule has 2 saturated heterocycles. The smallest absolute Gasteiger partial charge is 0.242 e. The number of rotatable bonds is 5. The number of piperidine rings is 2. The Morgan fingerprint density at radius 3 is 2.73 bits per heavy atom. The molecule has 1 atom stereocenters. The van der Waals surface area contributed by atoms with E-state index in [4.69, 9.17) is 0 Å². The van der Waals surface area contributed by atoms with Crippen molar-refractivity contribution in [3.05, 3.63) is 35.4 Å². The van der Waals surface area contributed by atoms with Gasteiger partial charge in [-0.25, -0.2) is 8.78 Å². The number of carbonyl (C=O) groups is 2. The summed E-state index contributed by atoms with van der Waals surface area (Å²) < 4.78 is 26.3. The van der Waals surface area contributed by atoms with Crippen LogP contribution < -0.4 is 0 Å². The van der Waals surface area contributed by atoms with Gasteiger partial charge in [0.25, 0.3) is 0 Å². The van der Waals surface area contributed by atoms with E-state index < -0.39 is 11.6 Å². The second kappa shape index (κ2) is 8.60. The minimum absolute atomic E-state index is 0.0257. The quantitative estimate of drug-likeness (QED) is 0.805. The Balaban J connectivity index is 1.49. The van der Waals surface area contributed by atoms with Crippen molar-refractivity contribution in [3.8, 4) is 0 Å². The molecule has 26 heavy (non-hydrogen) atoms. The summed E-state index contributed by atoms with van der Waals surface area (Å²) in [4.78, 5) is 28.0. The van der Waals surface area contributed by atoms with E-state index >= 15 is 0 Å². The summed E-state index contributed by atoms with van der Waals surface area (Å²) in [5, 5.41) is 0. The van der Waals surface area contributed by atoms with Crippen LogP contribution in [0.25, 0.3) is 0 Å². The molecule has 2 fully saturated rings. The number of hydrogen-bond donors (Lipinski definition) is 0. The van der Waals surface area contributed by atoms with E-state index in [1.807, 2.05) is 4.90 Å². The first-order valence-corrected chi connectivity index (χ1v) is 9.52. The molecule has 0 spiro atoms. The van der Waals surface area contributed by atoms with Crippen LogP contribution >= 0.6 is 0 Å². The molecule has 0 aliphatic carbocycles. The van der Waals surface area contributed by atoms with Gasteiger partial charge in [0, 0.05) is 26.1 Å². The minimum atomic E-state index is -0.824. The van der Waals surface area contributed by atoms with E-state index in [1.165, 1.54) is 6.07 Å². The van der Waals surface area contributed by atoms with E-state index in [9.17, 15) is 18.4 Å². The van der Waals surface area contributed by atoms with Gasteiger partial charge in [0.2, 0.25) is 11.8 Å². The predicted octanol–water partition coefficient (Wildman–Crippen LogP) is 3.15. The Morgan fingerprint density at radius 2 is 1.96 bits per heavy atom. The molecule has 6 heteroatoms. The summed E-state index contributed by atoms with van der Waals surface area (Å²) in [5.74, 6) is -1.17. The fraction of sp³-hybridized carbons (Fsp3) is 0.600. The van der Waals surface area contributed by atoms with E-state index in [2.05, 4.69) is 0 Å². The molecular formula is C20H26F2N2O2. The second-order valence-corrected chi connectivity index (χ2v) is 7.41. The highest BCUT2D eigenvalue weighted by atomic mass is 19.2. The van der Waals surface area contributed by atoms with Gasteiger partial charge in [-0.1, -0.05) is 6.07 Å². The first-order valence-electron chi connectivity index (χ1n) is 9.52. The lowest BCUT2D eigenvalue weighted by molar-refractivity contribution is -0.142. The molecule has 2 aliphatic heterocycles. The molecule has 2 heterocycles. The van der Waals surface area contributed by atoms with Crippen molar-refractivity contribution >= 4 is 11.8 Å². The molecule has 4 nitrogen and oxygen atoms in total. The largest absolute Gasteiger partial charge is 0.341 e. The van der Waals surface area contributed by atoms with Crippen LogP contribution in [-0.4, -0.2) is 47.8 Å². The molecule has 1 aromatic rings. The van der Waals surface area contributed by atoms with Gasteiger partial charge >= 0.3 is 0 Å². The van der Waals surface area contributed by atoms with Crippen molar-refractivity contribution in [2.75, 3.05) is 26.2 Å². The Kier molecular flexibility index (Phi) is 6.22. The number of hydrogen-bond acceptors (Lipinski definition) is 2. The molecule has 0 N–H and O–H groups in total. The summed E-state index contributed by atoms with van der Waals surface area (Å²) in [6.07, 6.45) is 5.93. The maximum atomic E-state index is 13.3. The lowest BCUT2D eigenvalue weighted by Gasteiger charge is -2.35. The number of carbonyl (C=O) groups excluding carboxylic acids is 2. The number of likely N-dealkylation sites (tertiary alicyclic amines) is 2. The first-order chi connectivity index (χ1) is 12.5. The number of amides is 2. The van der Waals surface area contributed by atoms with E-state index in [1.54, 1.807) is 11.0 Å². The Morgan fingerprint density at radius 1 is 1.12 bits per heavy atom. The third kappa shape index (κ3) is 4.80. The maximum absolute atomic E-state index is 13.3. The molecule has 0 radical (unpaired) electrons. The third-order valence-electron chi connectivity index (χ3n) is 5.44. The highest BCUT2D eigenvalue weighted by molar-refractivity contribution is 5.85. The molecule has 2 aliphatic rings. The normalized spacial score (nSPS) is 21.2. The van der Waals surface area contributed by atoms with Crippen molar-refractivity contribution < 1.29 is 18.4 Å². The topological polar surface area (TPSA) is 40.6 Å². The zero-order valence-corrected chi connectivity index (χ0v) is 15.1. The van der Waals surface area contributed by atoms with Crippen molar-refractivity contribution in [1.29, 1.82) is 0 Å². The number of benzene rings is 1. The van der Waals surface area contributed by atoms with E-state index in [0.29, 0.717) is 31.8 Å². The first kappa shape index (κ1) is 18.8. The van der Waals surface area contributed by atoms with Crippen molar-refractivity contribution in [2.45, 2.75) is 44.9 Å². The van der Waals surface area contributed by atoms with Crippen LogP contribution in [0.5, 0.6) is 0 Å². The van der Waals surface area contributed by atoms with Gasteiger partial charge in [0.05, 0.1) is 6.54 Å². The summed E-state index contributed by atoms with van der Waals surface area (Å²) in [5.41, 5.74) is 0.784. The van der Waals surface area contributed by atoms with Crippen LogP contribution in [0.3, 0.4) is 0 Å². The van der Waals surface area contributed by atoms with Gasteiger partial charge in [-0.3, -0.25) is 9.59 Å². The van der Waals surface area contributed by atoms with Crippen LogP contribution in [-0.2, 0) is 16.0 Å². The van der Waals surface area contributed by atoms with Gasteiger partial charge in [0.1, 0.15) is 0 Å². The van der Waals surface area contributed by atoms with Gasteiger partial charge in [-0.2, -0.15) is 0 Å². The highest BCUT2D eigenvalue weighted by Crippen LogP contribution is 2.23. The fourth-order valence-corrected chi connectivity index (χ4v) is 3.89. The van der Waals surface area contributed by atoms with Crippen LogP contribution in [0.4, 0.5) is 8.78 Å². The van der Waals surface area contributed by atoms with Crippen LogP contribution in [0.2, 0.25) is 0 Å². The van der Waals surface area contributed by atoms with Crippen LogP contribution in [0.1, 0.15) is 44.1 Å². The second-order valence-electron chi connectivity index (χ2n) is 7.41. The van der Waals surface area contributed by atoms with Crippen molar-refractivity contribution in [3.63, 3.8) is 0 Å². The molecular weight excluding hydrogens is 338 g/mol. The molecule has 1 aromatic carbocycles. The minimum Gasteiger partial charge on any atom is -0.341 e. The lowest BCUT2D eigenvalue weighted by Crippen LogP contribution is -2.47. The summed E-state index contributed by atoms with van der Waals surface area (Å²) in [6, 6.07) is 4.03. The van der Waals surface area contributed by atoms with Gasteiger partial charge < -0.3 is 9.80 Å². The summed E-state index contributed by atoms with van der Waals surface area (Å²) in [7, 11) is 0. The fourth-order valence-electron chi connectivity index (χ4n) is 3.89. The SMILES string of the molecule is O=C1CCCCN1CC(=O)N1CCC[C@H](CCc2ccc(F)c(F)c2)C1. The molecule has 142 valence electrons. The molecule has 0 saturated carbocycles. The molecule has 0 bridgehead atoms. The molecule has 0 aromatic heterocycles. The van der Waals surface area contributed by atoms with Crippen LogP contribution in [0, 0.1) is 17.6 Å². The standard InChI is InChI=1S/C20H26F2N2O2/c21-17-9-8-15(12-18(17)22)6-7-16-4-3-11-23(13-16)20(26)14-24-10-2-1-5-19(24)25/h8-9,12,16H,1-7,10-11,13-14H2/t16-/m1/s1. The zero-order chi connectivity index (χ0) is 18.5. The van der Waals surface area contributed by atoms with E-state index in [-0.39, 0.29) is 18.4 Å². The lowest BCUT2D eigenvalue weighted by atomic mass is 9.91.